The summed E-state index contributed by atoms with van der Waals surface area (Å²) >= 11 is 0. The van der Waals surface area contributed by atoms with E-state index in [9.17, 15) is 9.90 Å². The van der Waals surface area contributed by atoms with E-state index >= 15 is 0 Å². The van der Waals surface area contributed by atoms with E-state index in [-0.39, 0.29) is 18.2 Å². The van der Waals surface area contributed by atoms with E-state index in [1.54, 1.807) is 0 Å². The minimum atomic E-state index is -1.00. The summed E-state index contributed by atoms with van der Waals surface area (Å²) in [7, 11) is 0. The van der Waals surface area contributed by atoms with E-state index < -0.39 is 11.2 Å². The summed E-state index contributed by atoms with van der Waals surface area (Å²) in [5, 5.41) is 12.6. The molecule has 1 aromatic carbocycles. The van der Waals surface area contributed by atoms with Crippen molar-refractivity contribution in [2.75, 3.05) is 0 Å². The minimum Gasteiger partial charge on any atom is -0.444 e. The van der Waals surface area contributed by atoms with Crippen LogP contribution in [0.15, 0.2) is 36.4 Å². The molecule has 2 saturated heterocycles. The molecular formula is C22H28N2O3. The number of pyridine rings is 1. The van der Waals surface area contributed by atoms with Crippen LogP contribution < -0.4 is 0 Å². The number of hydrogen-bond acceptors (Lipinski definition) is 4. The number of carbonyl (C=O) groups excluding carboxylic acids is 1. The number of amides is 1. The molecule has 0 spiro atoms. The number of fused-ring (bicyclic) bond motifs is 3. The summed E-state index contributed by atoms with van der Waals surface area (Å²) in [5.74, 6) is 0. The summed E-state index contributed by atoms with van der Waals surface area (Å²) in [6, 6.07) is 11.9. The summed E-state index contributed by atoms with van der Waals surface area (Å²) in [4.78, 5) is 19.4. The molecule has 2 unspecified atom stereocenters. The van der Waals surface area contributed by atoms with E-state index in [0.717, 1.165) is 30.2 Å². The summed E-state index contributed by atoms with van der Waals surface area (Å²) in [5.41, 5.74) is 0.0854. The third-order valence-electron chi connectivity index (χ3n) is 5.69. The van der Waals surface area contributed by atoms with Crippen LogP contribution >= 0.6 is 0 Å². The second-order valence-electron chi connectivity index (χ2n) is 8.96. The van der Waals surface area contributed by atoms with Crippen LogP contribution in [0.2, 0.25) is 0 Å². The van der Waals surface area contributed by atoms with Gasteiger partial charge in [-0.05, 0) is 52.2 Å². The normalized spacial score (nSPS) is 28.2. The number of rotatable bonds is 1. The van der Waals surface area contributed by atoms with Gasteiger partial charge in [0.25, 0.3) is 0 Å². The molecule has 27 heavy (non-hydrogen) atoms. The molecule has 4 rings (SSSR count). The first-order chi connectivity index (χ1) is 12.8. The van der Waals surface area contributed by atoms with Crippen LogP contribution in [0.25, 0.3) is 10.9 Å². The molecule has 3 heterocycles. The summed E-state index contributed by atoms with van der Waals surface area (Å²) in [6.07, 6.45) is 3.63. The number of aliphatic hydroxyl groups is 1. The molecule has 5 nitrogen and oxygen atoms in total. The van der Waals surface area contributed by atoms with Gasteiger partial charge in [0.1, 0.15) is 11.2 Å². The quantitative estimate of drug-likeness (QED) is 0.812. The predicted octanol–water partition coefficient (Wildman–Crippen LogP) is 4.37. The molecule has 2 fully saturated rings. The zero-order valence-corrected chi connectivity index (χ0v) is 16.3. The summed E-state index contributed by atoms with van der Waals surface area (Å²) < 4.78 is 5.63. The highest BCUT2D eigenvalue weighted by Gasteiger charge is 2.49. The molecule has 144 valence electrons. The highest BCUT2D eigenvalue weighted by atomic mass is 16.6. The van der Waals surface area contributed by atoms with Gasteiger partial charge in [-0.15, -0.1) is 0 Å². The van der Waals surface area contributed by atoms with Crippen LogP contribution in [0.3, 0.4) is 0 Å². The van der Waals surface area contributed by atoms with Gasteiger partial charge in [0, 0.05) is 30.3 Å². The van der Waals surface area contributed by atoms with E-state index in [1.165, 1.54) is 0 Å². The standard InChI is InChI=1S/C22H28N2O3/c1-21(2,3)27-20(25)24-16-8-6-9-17(24)14-22(26,13-16)19-12-11-15-7-4-5-10-18(15)23-19/h4-5,7,10-12,16-17,26H,6,8-9,13-14H2,1-3H3. The third kappa shape index (κ3) is 3.53. The lowest BCUT2D eigenvalue weighted by atomic mass is 9.74. The Hall–Kier alpha value is -2.14. The molecule has 2 atom stereocenters. The molecule has 2 aliphatic heterocycles. The van der Waals surface area contributed by atoms with Crippen molar-refractivity contribution in [3.63, 3.8) is 0 Å². The number of piperidine rings is 2. The van der Waals surface area contributed by atoms with Gasteiger partial charge in [-0.3, -0.25) is 0 Å². The van der Waals surface area contributed by atoms with Gasteiger partial charge in [0.05, 0.1) is 11.2 Å². The Kier molecular flexibility index (Phi) is 4.38. The zero-order valence-electron chi connectivity index (χ0n) is 16.3. The largest absolute Gasteiger partial charge is 0.444 e. The minimum absolute atomic E-state index is 0.00868. The topological polar surface area (TPSA) is 62.7 Å². The average molecular weight is 368 g/mol. The van der Waals surface area contributed by atoms with E-state index in [4.69, 9.17) is 9.72 Å². The first-order valence-electron chi connectivity index (χ1n) is 9.85. The SMILES string of the molecule is CC(C)(C)OC(=O)N1C2CCCC1CC(O)(c1ccc3ccccc3n1)C2. The maximum atomic E-state index is 12.8. The average Bonchev–Trinajstić information content (AvgIpc) is 2.59. The van der Waals surface area contributed by atoms with Gasteiger partial charge in [-0.2, -0.15) is 0 Å². The van der Waals surface area contributed by atoms with Crippen LogP contribution in [-0.2, 0) is 10.3 Å². The fourth-order valence-corrected chi connectivity index (χ4v) is 4.58. The van der Waals surface area contributed by atoms with Gasteiger partial charge in [0.2, 0.25) is 0 Å². The number of para-hydroxylation sites is 1. The second kappa shape index (κ2) is 6.48. The van der Waals surface area contributed by atoms with Gasteiger partial charge < -0.3 is 14.7 Å². The zero-order chi connectivity index (χ0) is 19.2. The van der Waals surface area contributed by atoms with Crippen molar-refractivity contribution in [1.29, 1.82) is 0 Å². The molecule has 1 N–H and O–H groups in total. The van der Waals surface area contributed by atoms with Crippen molar-refractivity contribution < 1.29 is 14.6 Å². The molecule has 1 aromatic heterocycles. The second-order valence-corrected chi connectivity index (χ2v) is 8.96. The fraction of sp³-hybridized carbons (Fsp3) is 0.545. The van der Waals surface area contributed by atoms with Crippen molar-refractivity contribution in [2.45, 2.75) is 76.2 Å². The van der Waals surface area contributed by atoms with Crippen molar-refractivity contribution in [1.82, 2.24) is 9.88 Å². The van der Waals surface area contributed by atoms with Gasteiger partial charge >= 0.3 is 6.09 Å². The Balaban J connectivity index is 1.62. The molecule has 2 aromatic rings. The summed E-state index contributed by atoms with van der Waals surface area (Å²) in [6.45, 7) is 5.67. The Morgan fingerprint density at radius 1 is 1.15 bits per heavy atom. The Bertz CT molecular complexity index is 844. The fourth-order valence-electron chi connectivity index (χ4n) is 4.58. The first kappa shape index (κ1) is 18.2. The molecule has 0 radical (unpaired) electrons. The molecule has 2 bridgehead atoms. The third-order valence-corrected chi connectivity index (χ3v) is 5.69. The van der Waals surface area contributed by atoms with E-state index in [2.05, 4.69) is 0 Å². The molecule has 0 aliphatic carbocycles. The number of nitrogens with zero attached hydrogens (tertiary/aromatic N) is 2. The number of aromatic nitrogens is 1. The molecule has 2 aliphatic rings. The van der Waals surface area contributed by atoms with Crippen molar-refractivity contribution in [3.05, 3.63) is 42.1 Å². The van der Waals surface area contributed by atoms with Crippen LogP contribution in [0, 0.1) is 0 Å². The molecule has 5 heteroatoms. The monoisotopic (exact) mass is 368 g/mol. The lowest BCUT2D eigenvalue weighted by Crippen LogP contribution is -2.59. The Labute approximate surface area is 160 Å². The number of benzene rings is 1. The van der Waals surface area contributed by atoms with Gasteiger partial charge in [-0.25, -0.2) is 9.78 Å². The van der Waals surface area contributed by atoms with Gasteiger partial charge in [-0.1, -0.05) is 24.3 Å². The maximum absolute atomic E-state index is 12.8. The lowest BCUT2D eigenvalue weighted by Gasteiger charge is -2.51. The van der Waals surface area contributed by atoms with E-state index in [0.29, 0.717) is 18.5 Å². The molecular weight excluding hydrogens is 340 g/mol. The molecule has 1 amide bonds. The van der Waals surface area contributed by atoms with Crippen LogP contribution in [-0.4, -0.2) is 38.8 Å². The van der Waals surface area contributed by atoms with E-state index in [1.807, 2.05) is 62.1 Å². The van der Waals surface area contributed by atoms with Crippen molar-refractivity contribution in [2.24, 2.45) is 0 Å². The van der Waals surface area contributed by atoms with Crippen LogP contribution in [0.4, 0.5) is 4.79 Å². The Morgan fingerprint density at radius 2 is 1.81 bits per heavy atom. The van der Waals surface area contributed by atoms with Crippen molar-refractivity contribution >= 4 is 17.0 Å². The number of hydrogen-bond donors (Lipinski definition) is 1. The van der Waals surface area contributed by atoms with Gasteiger partial charge in [0.15, 0.2) is 0 Å². The molecule has 0 saturated carbocycles. The van der Waals surface area contributed by atoms with Crippen LogP contribution in [0.1, 0.15) is 58.6 Å². The van der Waals surface area contributed by atoms with Crippen molar-refractivity contribution in [3.8, 4) is 0 Å². The predicted molar refractivity (Wildman–Crippen MR) is 104 cm³/mol. The smallest absolute Gasteiger partial charge is 0.410 e. The maximum Gasteiger partial charge on any atom is 0.410 e. The lowest BCUT2D eigenvalue weighted by molar-refractivity contribution is -0.0983. The highest BCUT2D eigenvalue weighted by Crippen LogP contribution is 2.44. The highest BCUT2D eigenvalue weighted by molar-refractivity contribution is 5.78. The number of carbonyl (C=O) groups is 1. The van der Waals surface area contributed by atoms with Crippen LogP contribution in [0.5, 0.6) is 0 Å². The first-order valence-corrected chi connectivity index (χ1v) is 9.85. The Morgan fingerprint density at radius 3 is 2.48 bits per heavy atom. The number of ether oxygens (including phenoxy) is 1.